The van der Waals surface area contributed by atoms with Crippen molar-refractivity contribution in [2.45, 2.75) is 12.5 Å². The van der Waals surface area contributed by atoms with Gasteiger partial charge in [-0.3, -0.25) is 0 Å². The number of hydrogen-bond acceptors (Lipinski definition) is 2. The predicted molar refractivity (Wildman–Crippen MR) is 60.9 cm³/mol. The molecule has 0 aromatic carbocycles. The third kappa shape index (κ3) is 3.89. The van der Waals surface area contributed by atoms with Crippen LogP contribution in [0.3, 0.4) is 0 Å². The summed E-state index contributed by atoms with van der Waals surface area (Å²) < 4.78 is 0.831. The molecule has 0 amide bonds. The van der Waals surface area contributed by atoms with E-state index in [0.717, 1.165) is 16.6 Å². The van der Waals surface area contributed by atoms with Crippen molar-refractivity contribution in [3.8, 4) is 0 Å². The van der Waals surface area contributed by atoms with Crippen LogP contribution in [0.4, 0.5) is 0 Å². The monoisotopic (exact) mass is 262 g/mol. The summed E-state index contributed by atoms with van der Waals surface area (Å²) in [6, 6.07) is 3.87. The normalized spacial score (nSPS) is 11.5. The predicted octanol–water partition coefficient (Wildman–Crippen LogP) is 2.84. The van der Waals surface area contributed by atoms with Crippen LogP contribution in [-0.2, 0) is 0 Å². The molecule has 1 aromatic rings. The van der Waals surface area contributed by atoms with Crippen LogP contribution in [0.5, 0.6) is 0 Å². The molecule has 0 saturated carbocycles. The molecule has 72 valence electrons. The van der Waals surface area contributed by atoms with Gasteiger partial charge in [-0.15, -0.1) is 19.0 Å². The molecular formula is C9H12BrClN2. The molecule has 0 aliphatic carbocycles. The van der Waals surface area contributed by atoms with Crippen molar-refractivity contribution in [3.05, 3.63) is 41.2 Å². The van der Waals surface area contributed by atoms with Gasteiger partial charge in [0, 0.05) is 12.2 Å². The molecule has 13 heavy (non-hydrogen) atoms. The largest absolute Gasteiger partial charge is 0.324 e. The van der Waals surface area contributed by atoms with Gasteiger partial charge in [0.25, 0.3) is 0 Å². The van der Waals surface area contributed by atoms with Crippen molar-refractivity contribution in [2.24, 2.45) is 5.73 Å². The molecule has 0 radical (unpaired) electrons. The van der Waals surface area contributed by atoms with Crippen LogP contribution in [-0.4, -0.2) is 4.98 Å². The van der Waals surface area contributed by atoms with E-state index in [1.54, 1.807) is 6.20 Å². The summed E-state index contributed by atoms with van der Waals surface area (Å²) in [6.45, 7) is 3.63. The smallest absolute Gasteiger partial charge is 0.106 e. The van der Waals surface area contributed by atoms with Crippen molar-refractivity contribution in [1.82, 2.24) is 4.98 Å². The van der Waals surface area contributed by atoms with Crippen molar-refractivity contribution < 1.29 is 0 Å². The topological polar surface area (TPSA) is 38.9 Å². The van der Waals surface area contributed by atoms with E-state index < -0.39 is 0 Å². The van der Waals surface area contributed by atoms with Gasteiger partial charge in [-0.25, -0.2) is 4.98 Å². The van der Waals surface area contributed by atoms with Crippen molar-refractivity contribution in [3.63, 3.8) is 0 Å². The molecule has 1 heterocycles. The Hall–Kier alpha value is -0.380. The third-order valence-corrected chi connectivity index (χ3v) is 2.07. The molecule has 0 saturated heterocycles. The standard InChI is InChI=1S/C9H11BrN2.ClH/c1-2-3-8(11)7-4-5-9(10)12-6-7;/h2,4-6,8H,1,3,11H2;1H/t8-;/m0./s1. The quantitative estimate of drug-likeness (QED) is 0.673. The Morgan fingerprint density at radius 2 is 2.31 bits per heavy atom. The SMILES string of the molecule is C=CC[C@H](N)c1ccc(Br)nc1.Cl. The molecule has 1 aromatic heterocycles. The molecule has 1 atom stereocenters. The molecule has 0 aliphatic heterocycles. The van der Waals surface area contributed by atoms with Crippen molar-refractivity contribution >= 4 is 28.3 Å². The summed E-state index contributed by atoms with van der Waals surface area (Å²) in [5, 5.41) is 0. The average Bonchev–Trinajstić information content (AvgIpc) is 2.06. The molecular weight excluding hydrogens is 251 g/mol. The van der Waals surface area contributed by atoms with Gasteiger partial charge in [-0.1, -0.05) is 12.1 Å². The summed E-state index contributed by atoms with van der Waals surface area (Å²) in [6.07, 6.45) is 4.37. The number of halogens is 2. The van der Waals surface area contributed by atoms with Gasteiger partial charge < -0.3 is 5.73 Å². The van der Waals surface area contributed by atoms with Gasteiger partial charge in [0.15, 0.2) is 0 Å². The number of nitrogens with zero attached hydrogens (tertiary/aromatic N) is 1. The lowest BCUT2D eigenvalue weighted by atomic mass is 10.1. The van der Waals surface area contributed by atoms with E-state index in [9.17, 15) is 0 Å². The summed E-state index contributed by atoms with van der Waals surface area (Å²) in [7, 11) is 0. The van der Waals surface area contributed by atoms with Crippen LogP contribution in [0.15, 0.2) is 35.6 Å². The number of pyridine rings is 1. The minimum Gasteiger partial charge on any atom is -0.324 e. The molecule has 0 spiro atoms. The molecule has 0 bridgehead atoms. The van der Waals surface area contributed by atoms with E-state index in [1.807, 2.05) is 18.2 Å². The fourth-order valence-electron chi connectivity index (χ4n) is 0.922. The summed E-state index contributed by atoms with van der Waals surface area (Å²) in [5.41, 5.74) is 6.87. The van der Waals surface area contributed by atoms with Crippen molar-refractivity contribution in [1.29, 1.82) is 0 Å². The minimum absolute atomic E-state index is 0. The number of nitrogens with two attached hydrogens (primary N) is 1. The Bertz CT molecular complexity index is 261. The lowest BCUT2D eigenvalue weighted by Crippen LogP contribution is -2.08. The van der Waals surface area contributed by atoms with Crippen LogP contribution in [0.2, 0.25) is 0 Å². The van der Waals surface area contributed by atoms with Crippen LogP contribution in [0.1, 0.15) is 18.0 Å². The highest BCUT2D eigenvalue weighted by Crippen LogP contribution is 2.14. The zero-order valence-corrected chi connectivity index (χ0v) is 9.51. The van der Waals surface area contributed by atoms with Crippen molar-refractivity contribution in [2.75, 3.05) is 0 Å². The maximum Gasteiger partial charge on any atom is 0.106 e. The second-order valence-electron chi connectivity index (χ2n) is 2.55. The minimum atomic E-state index is 0. The second kappa shape index (κ2) is 6.13. The molecule has 0 aliphatic rings. The maximum atomic E-state index is 5.83. The van der Waals surface area contributed by atoms with E-state index in [4.69, 9.17) is 5.73 Å². The Morgan fingerprint density at radius 1 is 1.62 bits per heavy atom. The second-order valence-corrected chi connectivity index (χ2v) is 3.36. The summed E-state index contributed by atoms with van der Waals surface area (Å²) in [5.74, 6) is 0. The summed E-state index contributed by atoms with van der Waals surface area (Å²) in [4.78, 5) is 4.08. The third-order valence-electron chi connectivity index (χ3n) is 1.60. The van der Waals surface area contributed by atoms with E-state index in [2.05, 4.69) is 27.5 Å². The number of hydrogen-bond donors (Lipinski definition) is 1. The molecule has 4 heteroatoms. The first-order valence-electron chi connectivity index (χ1n) is 3.72. The molecule has 1 rings (SSSR count). The molecule has 0 fully saturated rings. The Kier molecular flexibility index (Phi) is 5.95. The van der Waals surface area contributed by atoms with Crippen LogP contribution < -0.4 is 5.73 Å². The van der Waals surface area contributed by atoms with Gasteiger partial charge in [-0.2, -0.15) is 0 Å². The highest BCUT2D eigenvalue weighted by molar-refractivity contribution is 9.10. The Morgan fingerprint density at radius 3 is 2.77 bits per heavy atom. The Labute approximate surface area is 92.8 Å². The van der Waals surface area contributed by atoms with Crippen LogP contribution in [0, 0.1) is 0 Å². The van der Waals surface area contributed by atoms with Gasteiger partial charge in [-0.05, 0) is 34.0 Å². The van der Waals surface area contributed by atoms with Crippen LogP contribution >= 0.6 is 28.3 Å². The first-order valence-corrected chi connectivity index (χ1v) is 4.51. The van der Waals surface area contributed by atoms with E-state index >= 15 is 0 Å². The van der Waals surface area contributed by atoms with E-state index in [0.29, 0.717) is 0 Å². The first kappa shape index (κ1) is 12.6. The maximum absolute atomic E-state index is 5.83. The van der Waals surface area contributed by atoms with Gasteiger partial charge in [0.2, 0.25) is 0 Å². The van der Waals surface area contributed by atoms with Gasteiger partial charge in [0.05, 0.1) is 0 Å². The van der Waals surface area contributed by atoms with Gasteiger partial charge >= 0.3 is 0 Å². The lowest BCUT2D eigenvalue weighted by Gasteiger charge is -2.07. The fourth-order valence-corrected chi connectivity index (χ4v) is 1.16. The lowest BCUT2D eigenvalue weighted by molar-refractivity contribution is 0.737. The van der Waals surface area contributed by atoms with E-state index in [-0.39, 0.29) is 18.4 Å². The average molecular weight is 264 g/mol. The Balaban J connectivity index is 0.00000144. The molecule has 2 N–H and O–H groups in total. The molecule has 2 nitrogen and oxygen atoms in total. The van der Waals surface area contributed by atoms with Crippen LogP contribution in [0.25, 0.3) is 0 Å². The molecule has 0 unspecified atom stereocenters. The fraction of sp³-hybridized carbons (Fsp3) is 0.222. The van der Waals surface area contributed by atoms with E-state index in [1.165, 1.54) is 0 Å². The zero-order chi connectivity index (χ0) is 8.97. The first-order chi connectivity index (χ1) is 5.74. The highest BCUT2D eigenvalue weighted by atomic mass is 79.9. The number of aromatic nitrogens is 1. The summed E-state index contributed by atoms with van der Waals surface area (Å²) >= 11 is 3.26. The highest BCUT2D eigenvalue weighted by Gasteiger charge is 2.02. The number of rotatable bonds is 3. The van der Waals surface area contributed by atoms with Gasteiger partial charge in [0.1, 0.15) is 4.60 Å². The zero-order valence-electron chi connectivity index (χ0n) is 7.11.